The molecule has 1 N–H and O–H groups in total. The van der Waals surface area contributed by atoms with E-state index in [0.29, 0.717) is 5.56 Å². The quantitative estimate of drug-likeness (QED) is 0.696. The molecule has 0 saturated carbocycles. The summed E-state index contributed by atoms with van der Waals surface area (Å²) in [7, 11) is 1.37. The van der Waals surface area contributed by atoms with Crippen LogP contribution in [0.2, 0.25) is 0 Å². The lowest BCUT2D eigenvalue weighted by atomic mass is 10.1. The minimum atomic E-state index is -0.323. The number of nitrogens with one attached hydrogen (secondary N) is 1. The average Bonchev–Trinajstić information content (AvgIpc) is 2.64. The molecule has 0 aliphatic heterocycles. The van der Waals surface area contributed by atoms with Gasteiger partial charge in [0.05, 0.1) is 24.4 Å². The lowest BCUT2D eigenvalue weighted by Crippen LogP contribution is -2.01. The Morgan fingerprint density at radius 3 is 3.00 bits per heavy atom. The van der Waals surface area contributed by atoms with Crippen molar-refractivity contribution in [1.82, 2.24) is 10.2 Å². The molecule has 0 aliphatic carbocycles. The fraction of sp³-hybridized carbons (Fsp3) is 0.200. The molecule has 0 aliphatic rings. The Balaban J connectivity index is 2.64. The number of rotatable bonds is 1. The van der Waals surface area contributed by atoms with Crippen LogP contribution in [0.1, 0.15) is 15.9 Å². The van der Waals surface area contributed by atoms with E-state index in [1.54, 1.807) is 18.3 Å². The highest BCUT2D eigenvalue weighted by Crippen LogP contribution is 2.18. The van der Waals surface area contributed by atoms with E-state index in [1.165, 1.54) is 7.11 Å². The Morgan fingerprint density at radius 1 is 1.50 bits per heavy atom. The van der Waals surface area contributed by atoms with Crippen LogP contribution in [-0.2, 0) is 4.74 Å². The Labute approximate surface area is 80.9 Å². The summed E-state index contributed by atoms with van der Waals surface area (Å²) >= 11 is 0. The van der Waals surface area contributed by atoms with E-state index in [2.05, 4.69) is 14.9 Å². The van der Waals surface area contributed by atoms with Crippen LogP contribution in [0.25, 0.3) is 10.9 Å². The van der Waals surface area contributed by atoms with Crippen LogP contribution in [0.3, 0.4) is 0 Å². The summed E-state index contributed by atoms with van der Waals surface area (Å²) < 4.78 is 4.65. The molecule has 4 nitrogen and oxygen atoms in total. The largest absolute Gasteiger partial charge is 0.465 e. The number of methoxy groups -OCH3 is 1. The normalized spacial score (nSPS) is 10.4. The average molecular weight is 190 g/mol. The minimum absolute atomic E-state index is 0.323. The smallest absolute Gasteiger partial charge is 0.337 e. The third-order valence-electron chi connectivity index (χ3n) is 2.17. The molecule has 0 saturated heterocycles. The van der Waals surface area contributed by atoms with Crippen molar-refractivity contribution in [1.29, 1.82) is 0 Å². The van der Waals surface area contributed by atoms with Gasteiger partial charge in [0.2, 0.25) is 0 Å². The summed E-state index contributed by atoms with van der Waals surface area (Å²) in [6.45, 7) is 1.92. The lowest BCUT2D eigenvalue weighted by Gasteiger charge is -2.01. The molecule has 72 valence electrons. The zero-order chi connectivity index (χ0) is 10.1. The molecule has 0 atom stereocenters. The minimum Gasteiger partial charge on any atom is -0.465 e. The maximum Gasteiger partial charge on any atom is 0.337 e. The van der Waals surface area contributed by atoms with Gasteiger partial charge < -0.3 is 4.74 Å². The maximum atomic E-state index is 11.3. The van der Waals surface area contributed by atoms with Crippen LogP contribution in [0.15, 0.2) is 18.3 Å². The van der Waals surface area contributed by atoms with E-state index in [1.807, 2.05) is 6.92 Å². The molecule has 0 unspecified atom stereocenters. The number of ether oxygens (including phenoxy) is 1. The highest BCUT2D eigenvalue weighted by molar-refractivity contribution is 5.95. The number of fused-ring (bicyclic) bond motifs is 1. The number of aryl methyl sites for hydroxylation is 1. The molecule has 1 aromatic carbocycles. The van der Waals surface area contributed by atoms with Gasteiger partial charge in [-0.3, -0.25) is 5.10 Å². The third kappa shape index (κ3) is 1.25. The van der Waals surface area contributed by atoms with Gasteiger partial charge in [-0.05, 0) is 24.6 Å². The van der Waals surface area contributed by atoms with Gasteiger partial charge in [0.1, 0.15) is 0 Å². The molecule has 1 aromatic heterocycles. The van der Waals surface area contributed by atoms with E-state index >= 15 is 0 Å². The van der Waals surface area contributed by atoms with Crippen LogP contribution in [0.4, 0.5) is 0 Å². The van der Waals surface area contributed by atoms with E-state index in [-0.39, 0.29) is 5.97 Å². The fourth-order valence-corrected chi connectivity index (χ4v) is 1.47. The standard InChI is InChI=1S/C10H10N2O2/c1-6-3-7(10(13)14-2)4-8-5-11-12-9(6)8/h3-5H,1-2H3,(H,11,12). The summed E-state index contributed by atoms with van der Waals surface area (Å²) in [5.41, 5.74) is 2.50. The molecule has 2 aromatic rings. The first-order chi connectivity index (χ1) is 6.72. The van der Waals surface area contributed by atoms with E-state index < -0.39 is 0 Å². The maximum absolute atomic E-state index is 11.3. The fourth-order valence-electron chi connectivity index (χ4n) is 1.47. The second-order valence-corrected chi connectivity index (χ2v) is 3.12. The molecular formula is C10H10N2O2. The van der Waals surface area contributed by atoms with Crippen LogP contribution in [0, 0.1) is 6.92 Å². The Hall–Kier alpha value is -1.84. The molecule has 0 fully saturated rings. The lowest BCUT2D eigenvalue weighted by molar-refractivity contribution is 0.0601. The van der Waals surface area contributed by atoms with Gasteiger partial charge in [-0.25, -0.2) is 4.79 Å². The molecule has 0 radical (unpaired) electrons. The van der Waals surface area contributed by atoms with E-state index in [0.717, 1.165) is 16.5 Å². The molecule has 4 heteroatoms. The number of aromatic amines is 1. The number of carbonyl (C=O) groups is 1. The Kier molecular flexibility index (Phi) is 1.96. The van der Waals surface area contributed by atoms with Crippen molar-refractivity contribution in [3.05, 3.63) is 29.5 Å². The van der Waals surface area contributed by atoms with Gasteiger partial charge in [0.25, 0.3) is 0 Å². The van der Waals surface area contributed by atoms with Crippen molar-refractivity contribution in [2.24, 2.45) is 0 Å². The molecular weight excluding hydrogens is 180 g/mol. The highest BCUT2D eigenvalue weighted by Gasteiger charge is 2.08. The summed E-state index contributed by atoms with van der Waals surface area (Å²) in [5, 5.41) is 7.70. The van der Waals surface area contributed by atoms with E-state index in [4.69, 9.17) is 0 Å². The molecule has 0 spiro atoms. The van der Waals surface area contributed by atoms with Gasteiger partial charge in [-0.15, -0.1) is 0 Å². The number of H-pyrrole nitrogens is 1. The highest BCUT2D eigenvalue weighted by atomic mass is 16.5. The van der Waals surface area contributed by atoms with Crippen molar-refractivity contribution in [2.45, 2.75) is 6.92 Å². The van der Waals surface area contributed by atoms with Crippen molar-refractivity contribution >= 4 is 16.9 Å². The van der Waals surface area contributed by atoms with Crippen LogP contribution in [-0.4, -0.2) is 23.3 Å². The van der Waals surface area contributed by atoms with Crippen LogP contribution < -0.4 is 0 Å². The SMILES string of the molecule is COC(=O)c1cc(C)c2[nH]ncc2c1. The van der Waals surface area contributed by atoms with Crippen LogP contribution >= 0.6 is 0 Å². The number of nitrogens with zero attached hydrogens (tertiary/aromatic N) is 1. The topological polar surface area (TPSA) is 55.0 Å². The molecule has 14 heavy (non-hydrogen) atoms. The number of carbonyl (C=O) groups excluding carboxylic acids is 1. The third-order valence-corrected chi connectivity index (χ3v) is 2.17. The zero-order valence-electron chi connectivity index (χ0n) is 8.00. The number of esters is 1. The molecule has 0 bridgehead atoms. The zero-order valence-corrected chi connectivity index (χ0v) is 8.00. The first kappa shape index (κ1) is 8.74. The van der Waals surface area contributed by atoms with Gasteiger partial charge in [0.15, 0.2) is 0 Å². The number of aromatic nitrogens is 2. The number of hydrogen-bond donors (Lipinski definition) is 1. The van der Waals surface area contributed by atoms with Crippen molar-refractivity contribution in [3.8, 4) is 0 Å². The molecule has 0 amide bonds. The Morgan fingerprint density at radius 2 is 2.29 bits per heavy atom. The van der Waals surface area contributed by atoms with Gasteiger partial charge in [-0.2, -0.15) is 5.10 Å². The monoisotopic (exact) mass is 190 g/mol. The van der Waals surface area contributed by atoms with Gasteiger partial charge >= 0.3 is 5.97 Å². The van der Waals surface area contributed by atoms with Crippen molar-refractivity contribution < 1.29 is 9.53 Å². The molecule has 1 heterocycles. The second-order valence-electron chi connectivity index (χ2n) is 3.12. The number of benzene rings is 1. The van der Waals surface area contributed by atoms with Crippen molar-refractivity contribution in [2.75, 3.05) is 7.11 Å². The summed E-state index contributed by atoms with van der Waals surface area (Å²) in [6, 6.07) is 3.55. The summed E-state index contributed by atoms with van der Waals surface area (Å²) in [5.74, 6) is -0.323. The number of hydrogen-bond acceptors (Lipinski definition) is 3. The van der Waals surface area contributed by atoms with Gasteiger partial charge in [0, 0.05) is 5.39 Å². The Bertz CT molecular complexity index is 488. The predicted molar refractivity (Wildman–Crippen MR) is 52.2 cm³/mol. The van der Waals surface area contributed by atoms with Crippen molar-refractivity contribution in [3.63, 3.8) is 0 Å². The van der Waals surface area contributed by atoms with E-state index in [9.17, 15) is 4.79 Å². The molecule has 2 rings (SSSR count). The predicted octanol–water partition coefficient (Wildman–Crippen LogP) is 1.66. The van der Waals surface area contributed by atoms with Gasteiger partial charge in [-0.1, -0.05) is 0 Å². The first-order valence-electron chi connectivity index (χ1n) is 4.24. The second kappa shape index (κ2) is 3.14. The summed E-state index contributed by atoms with van der Waals surface area (Å²) in [6.07, 6.45) is 1.69. The first-order valence-corrected chi connectivity index (χ1v) is 4.24. The van der Waals surface area contributed by atoms with Crippen LogP contribution in [0.5, 0.6) is 0 Å². The summed E-state index contributed by atoms with van der Waals surface area (Å²) in [4.78, 5) is 11.3.